The van der Waals surface area contributed by atoms with Crippen LogP contribution in [0, 0.1) is 11.8 Å². The molecule has 0 saturated carbocycles. The Morgan fingerprint density at radius 3 is 1.77 bits per heavy atom. The normalized spacial score (nSPS) is 16.0. The highest BCUT2D eigenvalue weighted by atomic mass is 16.4. The first-order valence-corrected chi connectivity index (χ1v) is 9.97. The van der Waals surface area contributed by atoms with E-state index < -0.39 is 60.2 Å². The molecule has 11 heteroatoms. The number of carboxylic acids is 1. The number of rotatable bonds is 13. The van der Waals surface area contributed by atoms with Crippen molar-refractivity contribution in [1.82, 2.24) is 16.0 Å². The minimum absolute atomic E-state index is 0.0272. The maximum absolute atomic E-state index is 12.7. The van der Waals surface area contributed by atoms with E-state index in [9.17, 15) is 29.1 Å². The van der Waals surface area contributed by atoms with Gasteiger partial charge in [-0.2, -0.15) is 0 Å². The van der Waals surface area contributed by atoms with Crippen molar-refractivity contribution < 1.29 is 29.1 Å². The first-order chi connectivity index (χ1) is 13.8. The van der Waals surface area contributed by atoms with Gasteiger partial charge < -0.3 is 32.5 Å². The highest BCUT2D eigenvalue weighted by Crippen LogP contribution is 2.10. The average molecular weight is 430 g/mol. The molecule has 0 fully saturated rings. The zero-order valence-corrected chi connectivity index (χ0v) is 18.2. The SMILES string of the molecule is CCC(C)C(NC(=O)C(CC(N)=O)NC(=O)C(CC(C)C)NC(=O)C(C)N)C(=O)O. The zero-order valence-electron chi connectivity index (χ0n) is 18.2. The lowest BCUT2D eigenvalue weighted by molar-refractivity contribution is -0.144. The molecule has 0 aromatic heterocycles. The van der Waals surface area contributed by atoms with Gasteiger partial charge in [-0.25, -0.2) is 4.79 Å². The molecule has 5 atom stereocenters. The van der Waals surface area contributed by atoms with Crippen molar-refractivity contribution in [3.05, 3.63) is 0 Å². The molecule has 0 aliphatic heterocycles. The lowest BCUT2D eigenvalue weighted by Crippen LogP contribution is -2.58. The predicted octanol–water partition coefficient (Wildman–Crippen LogP) is -1.16. The van der Waals surface area contributed by atoms with Crippen LogP contribution in [0.25, 0.3) is 0 Å². The summed E-state index contributed by atoms with van der Waals surface area (Å²) in [6, 6.07) is -4.41. The molecule has 8 N–H and O–H groups in total. The number of aliphatic carboxylic acids is 1. The third-order valence-electron chi connectivity index (χ3n) is 4.57. The van der Waals surface area contributed by atoms with Gasteiger partial charge in [0, 0.05) is 0 Å². The number of primary amides is 1. The molecule has 11 nitrogen and oxygen atoms in total. The van der Waals surface area contributed by atoms with E-state index in [1.807, 2.05) is 13.8 Å². The largest absolute Gasteiger partial charge is 0.480 e. The van der Waals surface area contributed by atoms with Crippen LogP contribution in [0.15, 0.2) is 0 Å². The molecule has 0 spiro atoms. The minimum Gasteiger partial charge on any atom is -0.480 e. The van der Waals surface area contributed by atoms with Crippen LogP contribution in [0.2, 0.25) is 0 Å². The topological polar surface area (TPSA) is 194 Å². The lowest BCUT2D eigenvalue weighted by atomic mass is 9.98. The molecule has 0 aliphatic rings. The number of carbonyl (C=O) groups is 5. The second kappa shape index (κ2) is 12.8. The summed E-state index contributed by atoms with van der Waals surface area (Å²) in [6.07, 6.45) is 0.226. The molecule has 0 heterocycles. The summed E-state index contributed by atoms with van der Waals surface area (Å²) in [5.41, 5.74) is 10.7. The fraction of sp³-hybridized carbons (Fsp3) is 0.737. The molecule has 0 rings (SSSR count). The van der Waals surface area contributed by atoms with Gasteiger partial charge in [-0.15, -0.1) is 0 Å². The monoisotopic (exact) mass is 429 g/mol. The van der Waals surface area contributed by atoms with Crippen molar-refractivity contribution in [3.8, 4) is 0 Å². The van der Waals surface area contributed by atoms with Gasteiger partial charge in [-0.3, -0.25) is 19.2 Å². The van der Waals surface area contributed by atoms with E-state index in [1.165, 1.54) is 6.92 Å². The Labute approximate surface area is 176 Å². The van der Waals surface area contributed by atoms with Crippen molar-refractivity contribution in [2.45, 2.75) is 78.0 Å². The average Bonchev–Trinajstić information content (AvgIpc) is 2.62. The van der Waals surface area contributed by atoms with Crippen LogP contribution in [0.4, 0.5) is 0 Å². The van der Waals surface area contributed by atoms with Gasteiger partial charge in [-0.1, -0.05) is 34.1 Å². The van der Waals surface area contributed by atoms with Crippen LogP contribution in [0.3, 0.4) is 0 Å². The van der Waals surface area contributed by atoms with Gasteiger partial charge in [-0.05, 0) is 25.2 Å². The van der Waals surface area contributed by atoms with Gasteiger partial charge in [0.2, 0.25) is 23.6 Å². The van der Waals surface area contributed by atoms with Crippen LogP contribution in [-0.4, -0.2) is 58.9 Å². The molecule has 0 aliphatic carbocycles. The summed E-state index contributed by atoms with van der Waals surface area (Å²) in [4.78, 5) is 60.2. The Balaban J connectivity index is 5.50. The second-order valence-corrected chi connectivity index (χ2v) is 7.92. The van der Waals surface area contributed by atoms with E-state index in [-0.39, 0.29) is 18.3 Å². The molecule has 30 heavy (non-hydrogen) atoms. The van der Waals surface area contributed by atoms with Crippen molar-refractivity contribution >= 4 is 29.6 Å². The molecular formula is C19H35N5O6. The predicted molar refractivity (Wildman–Crippen MR) is 110 cm³/mol. The Hall–Kier alpha value is -2.69. The van der Waals surface area contributed by atoms with E-state index in [4.69, 9.17) is 11.5 Å². The molecule has 0 aromatic rings. The Bertz CT molecular complexity index is 637. The van der Waals surface area contributed by atoms with Crippen LogP contribution in [0.5, 0.6) is 0 Å². The van der Waals surface area contributed by atoms with E-state index in [0.717, 1.165) is 0 Å². The van der Waals surface area contributed by atoms with E-state index in [2.05, 4.69) is 16.0 Å². The molecule has 172 valence electrons. The molecule has 0 saturated heterocycles. The van der Waals surface area contributed by atoms with Crippen molar-refractivity contribution in [2.24, 2.45) is 23.3 Å². The highest BCUT2D eigenvalue weighted by molar-refractivity contribution is 5.96. The van der Waals surface area contributed by atoms with Gasteiger partial charge in [0.05, 0.1) is 12.5 Å². The second-order valence-electron chi connectivity index (χ2n) is 7.92. The Morgan fingerprint density at radius 1 is 0.867 bits per heavy atom. The maximum atomic E-state index is 12.7. The van der Waals surface area contributed by atoms with Crippen LogP contribution >= 0.6 is 0 Å². The van der Waals surface area contributed by atoms with E-state index >= 15 is 0 Å². The van der Waals surface area contributed by atoms with Gasteiger partial charge >= 0.3 is 5.97 Å². The number of amides is 4. The van der Waals surface area contributed by atoms with Gasteiger partial charge in [0.25, 0.3) is 0 Å². The van der Waals surface area contributed by atoms with E-state index in [1.54, 1.807) is 13.8 Å². The third-order valence-corrected chi connectivity index (χ3v) is 4.57. The Morgan fingerprint density at radius 2 is 1.37 bits per heavy atom. The number of nitrogens with one attached hydrogen (secondary N) is 3. The first kappa shape index (κ1) is 27.3. The molecule has 0 bridgehead atoms. The highest BCUT2D eigenvalue weighted by Gasteiger charge is 2.32. The number of carbonyl (C=O) groups excluding carboxylic acids is 4. The Kier molecular flexibility index (Phi) is 11.6. The number of nitrogens with two attached hydrogens (primary N) is 2. The van der Waals surface area contributed by atoms with Crippen molar-refractivity contribution in [2.75, 3.05) is 0 Å². The lowest BCUT2D eigenvalue weighted by Gasteiger charge is -2.26. The standard InChI is InChI=1S/C19H35N5O6/c1-6-10(4)15(19(29)30)24-18(28)13(8-14(21)25)23-17(27)12(7-9(2)3)22-16(26)11(5)20/h9-13,15H,6-8,20H2,1-5H3,(H2,21,25)(H,22,26)(H,23,27)(H,24,28)(H,29,30). The van der Waals surface area contributed by atoms with Crippen molar-refractivity contribution in [1.29, 1.82) is 0 Å². The zero-order chi connectivity index (χ0) is 23.6. The maximum Gasteiger partial charge on any atom is 0.326 e. The third kappa shape index (κ3) is 9.68. The summed E-state index contributed by atoms with van der Waals surface area (Å²) in [5.74, 6) is -4.54. The molecule has 5 unspecified atom stereocenters. The fourth-order valence-electron chi connectivity index (χ4n) is 2.63. The smallest absolute Gasteiger partial charge is 0.326 e. The van der Waals surface area contributed by atoms with Crippen LogP contribution in [0.1, 0.15) is 53.9 Å². The van der Waals surface area contributed by atoms with Crippen molar-refractivity contribution in [3.63, 3.8) is 0 Å². The molecular weight excluding hydrogens is 394 g/mol. The summed E-state index contributed by atoms with van der Waals surface area (Å²) in [6.45, 7) is 8.57. The number of hydrogen-bond acceptors (Lipinski definition) is 6. The quantitative estimate of drug-likeness (QED) is 0.212. The van der Waals surface area contributed by atoms with Gasteiger partial charge in [0.15, 0.2) is 0 Å². The molecule has 0 radical (unpaired) electrons. The van der Waals surface area contributed by atoms with Crippen LogP contribution in [-0.2, 0) is 24.0 Å². The first-order valence-electron chi connectivity index (χ1n) is 9.97. The van der Waals surface area contributed by atoms with Crippen LogP contribution < -0.4 is 27.4 Å². The van der Waals surface area contributed by atoms with Gasteiger partial charge in [0.1, 0.15) is 18.1 Å². The summed E-state index contributed by atoms with van der Waals surface area (Å²) >= 11 is 0. The number of carboxylic acid groups (broad SMARTS) is 1. The molecule has 0 aromatic carbocycles. The van der Waals surface area contributed by atoms with E-state index in [0.29, 0.717) is 6.42 Å². The summed E-state index contributed by atoms with van der Waals surface area (Å²) < 4.78 is 0. The minimum atomic E-state index is -1.39. The molecule has 4 amide bonds. The summed E-state index contributed by atoms with van der Waals surface area (Å²) in [5, 5.41) is 16.6. The summed E-state index contributed by atoms with van der Waals surface area (Å²) in [7, 11) is 0. The number of hydrogen-bond donors (Lipinski definition) is 6. The fourth-order valence-corrected chi connectivity index (χ4v) is 2.63.